The molecule has 0 bridgehead atoms. The smallest absolute Gasteiger partial charge is 0.268 e. The summed E-state index contributed by atoms with van der Waals surface area (Å²) in [5.74, 6) is 1.23. The van der Waals surface area contributed by atoms with Crippen molar-refractivity contribution in [1.82, 2.24) is 14.9 Å². The van der Waals surface area contributed by atoms with Crippen LogP contribution >= 0.6 is 11.3 Å². The van der Waals surface area contributed by atoms with E-state index in [1.54, 1.807) is 12.1 Å². The average Bonchev–Trinajstić information content (AvgIpc) is 3.02. The molecule has 3 heterocycles. The zero-order chi connectivity index (χ0) is 17.4. The Morgan fingerprint density at radius 2 is 2.00 bits per heavy atom. The highest BCUT2D eigenvalue weighted by molar-refractivity contribution is 7.22. The van der Waals surface area contributed by atoms with E-state index in [1.807, 2.05) is 6.07 Å². The zero-order valence-corrected chi connectivity index (χ0v) is 14.9. The Morgan fingerprint density at radius 3 is 2.72 bits per heavy atom. The fraction of sp³-hybridized carbons (Fsp3) is 0.368. The Bertz CT molecular complexity index is 939. The van der Waals surface area contributed by atoms with Gasteiger partial charge in [-0.3, -0.25) is 9.69 Å². The van der Waals surface area contributed by atoms with Gasteiger partial charge in [0, 0.05) is 4.88 Å². The number of H-pyrrole nitrogens is 1. The monoisotopic (exact) mass is 357 g/mol. The van der Waals surface area contributed by atoms with Crippen LogP contribution in [0.5, 0.6) is 0 Å². The van der Waals surface area contributed by atoms with Crippen LogP contribution in [-0.4, -0.2) is 28.0 Å². The van der Waals surface area contributed by atoms with Gasteiger partial charge in [0.05, 0.1) is 12.1 Å². The second kappa shape index (κ2) is 6.69. The molecule has 0 aliphatic carbocycles. The van der Waals surface area contributed by atoms with Crippen LogP contribution in [0, 0.1) is 11.7 Å². The largest absolute Gasteiger partial charge is 0.308 e. The molecule has 1 N–H and O–H groups in total. The fourth-order valence-corrected chi connectivity index (χ4v) is 4.25. The van der Waals surface area contributed by atoms with Gasteiger partial charge < -0.3 is 4.98 Å². The van der Waals surface area contributed by atoms with Gasteiger partial charge in [-0.05, 0) is 55.6 Å². The number of benzene rings is 1. The van der Waals surface area contributed by atoms with Crippen molar-refractivity contribution in [2.45, 2.75) is 26.3 Å². The minimum absolute atomic E-state index is 0.0938. The summed E-state index contributed by atoms with van der Waals surface area (Å²) in [6, 6.07) is 8.23. The molecule has 1 aromatic carbocycles. The van der Waals surface area contributed by atoms with E-state index in [-0.39, 0.29) is 11.4 Å². The fourth-order valence-electron chi connectivity index (χ4n) is 3.25. The molecule has 0 unspecified atom stereocenters. The van der Waals surface area contributed by atoms with E-state index in [2.05, 4.69) is 21.8 Å². The molecule has 6 heteroatoms. The van der Waals surface area contributed by atoms with E-state index >= 15 is 0 Å². The Morgan fingerprint density at radius 1 is 1.28 bits per heavy atom. The molecule has 0 atom stereocenters. The van der Waals surface area contributed by atoms with E-state index in [0.717, 1.165) is 35.3 Å². The number of hydrogen-bond acceptors (Lipinski definition) is 4. The summed E-state index contributed by atoms with van der Waals surface area (Å²) < 4.78 is 13.7. The van der Waals surface area contributed by atoms with Crippen LogP contribution in [0.25, 0.3) is 20.7 Å². The molecule has 1 aliphatic heterocycles. The third kappa shape index (κ3) is 3.50. The summed E-state index contributed by atoms with van der Waals surface area (Å²) in [4.78, 5) is 23.3. The van der Waals surface area contributed by atoms with Crippen molar-refractivity contribution in [2.75, 3.05) is 13.1 Å². The molecule has 2 aromatic heterocycles. The van der Waals surface area contributed by atoms with Crippen LogP contribution < -0.4 is 5.56 Å². The molecule has 0 saturated carbocycles. The SMILES string of the molecule is CC1CCN(Cc2nc3cc(-c4ccc(F)cc4)sc3c(=O)[nH]2)CC1. The Kier molecular flexibility index (Phi) is 4.39. The molecule has 3 aromatic rings. The summed E-state index contributed by atoms with van der Waals surface area (Å²) in [7, 11) is 0. The standard InChI is InChI=1S/C19H20FN3OS/c1-12-6-8-23(9-7-12)11-17-21-15-10-16(25-18(15)19(24)22-17)13-2-4-14(20)5-3-13/h2-5,10,12H,6-9,11H2,1H3,(H,21,22,24). The third-order valence-electron chi connectivity index (χ3n) is 4.81. The molecule has 0 spiro atoms. The summed E-state index contributed by atoms with van der Waals surface area (Å²) >= 11 is 1.40. The number of fused-ring (bicyclic) bond motifs is 1. The first-order valence-electron chi connectivity index (χ1n) is 8.59. The van der Waals surface area contributed by atoms with E-state index in [0.29, 0.717) is 16.8 Å². The quantitative estimate of drug-likeness (QED) is 0.770. The predicted octanol–water partition coefficient (Wildman–Crippen LogP) is 4.02. The van der Waals surface area contributed by atoms with Crippen molar-refractivity contribution in [3.8, 4) is 10.4 Å². The van der Waals surface area contributed by atoms with Crippen LogP contribution in [-0.2, 0) is 6.54 Å². The molecule has 25 heavy (non-hydrogen) atoms. The number of likely N-dealkylation sites (tertiary alicyclic amines) is 1. The number of halogens is 1. The van der Waals surface area contributed by atoms with E-state index in [1.165, 1.54) is 36.3 Å². The maximum atomic E-state index is 13.1. The van der Waals surface area contributed by atoms with Gasteiger partial charge in [-0.25, -0.2) is 9.37 Å². The lowest BCUT2D eigenvalue weighted by Crippen LogP contribution is -2.33. The number of aromatic amines is 1. The molecule has 1 saturated heterocycles. The highest BCUT2D eigenvalue weighted by Crippen LogP contribution is 2.31. The average molecular weight is 357 g/mol. The van der Waals surface area contributed by atoms with Crippen LogP contribution in [0.2, 0.25) is 0 Å². The van der Waals surface area contributed by atoms with E-state index in [9.17, 15) is 9.18 Å². The van der Waals surface area contributed by atoms with Gasteiger partial charge >= 0.3 is 0 Å². The summed E-state index contributed by atoms with van der Waals surface area (Å²) in [6.07, 6.45) is 2.39. The van der Waals surface area contributed by atoms with Gasteiger partial charge in [0.15, 0.2) is 0 Å². The molecule has 130 valence electrons. The molecule has 1 aliphatic rings. The first-order chi connectivity index (χ1) is 12.1. The van der Waals surface area contributed by atoms with Crippen LogP contribution in [0.3, 0.4) is 0 Å². The van der Waals surface area contributed by atoms with Gasteiger partial charge in [0.25, 0.3) is 5.56 Å². The van der Waals surface area contributed by atoms with Gasteiger partial charge in [0.1, 0.15) is 16.3 Å². The molecular formula is C19H20FN3OS. The minimum atomic E-state index is -0.265. The lowest BCUT2D eigenvalue weighted by molar-refractivity contribution is 0.181. The molecule has 4 rings (SSSR count). The Labute approximate surface area is 149 Å². The zero-order valence-electron chi connectivity index (χ0n) is 14.1. The minimum Gasteiger partial charge on any atom is -0.308 e. The van der Waals surface area contributed by atoms with Gasteiger partial charge in [-0.15, -0.1) is 11.3 Å². The first-order valence-corrected chi connectivity index (χ1v) is 9.41. The summed E-state index contributed by atoms with van der Waals surface area (Å²) in [6.45, 7) is 5.06. The summed E-state index contributed by atoms with van der Waals surface area (Å²) in [5, 5.41) is 0. The van der Waals surface area contributed by atoms with Gasteiger partial charge in [-0.2, -0.15) is 0 Å². The highest BCUT2D eigenvalue weighted by atomic mass is 32.1. The Balaban J connectivity index is 1.63. The predicted molar refractivity (Wildman–Crippen MR) is 99.3 cm³/mol. The number of thiophene rings is 1. The topological polar surface area (TPSA) is 49.0 Å². The van der Waals surface area contributed by atoms with E-state index in [4.69, 9.17) is 0 Å². The maximum Gasteiger partial charge on any atom is 0.268 e. The van der Waals surface area contributed by atoms with Gasteiger partial charge in [-0.1, -0.05) is 19.1 Å². The second-order valence-electron chi connectivity index (χ2n) is 6.80. The number of nitrogens with zero attached hydrogens (tertiary/aromatic N) is 2. The molecule has 4 nitrogen and oxygen atoms in total. The van der Waals surface area contributed by atoms with Crippen molar-refractivity contribution in [3.63, 3.8) is 0 Å². The second-order valence-corrected chi connectivity index (χ2v) is 7.86. The highest BCUT2D eigenvalue weighted by Gasteiger charge is 2.17. The normalized spacial score (nSPS) is 16.6. The van der Waals surface area contributed by atoms with E-state index < -0.39 is 0 Å². The number of aromatic nitrogens is 2. The first kappa shape index (κ1) is 16.4. The molecular weight excluding hydrogens is 337 g/mol. The van der Waals surface area contributed by atoms with Crippen molar-refractivity contribution in [3.05, 3.63) is 52.3 Å². The van der Waals surface area contributed by atoms with Crippen molar-refractivity contribution in [2.24, 2.45) is 5.92 Å². The number of hydrogen-bond donors (Lipinski definition) is 1. The summed E-state index contributed by atoms with van der Waals surface area (Å²) in [5.41, 5.74) is 1.52. The molecule has 0 amide bonds. The third-order valence-corrected chi connectivity index (χ3v) is 5.98. The molecule has 0 radical (unpaired) electrons. The van der Waals surface area contributed by atoms with Crippen molar-refractivity contribution in [1.29, 1.82) is 0 Å². The van der Waals surface area contributed by atoms with Crippen molar-refractivity contribution >= 4 is 21.6 Å². The Hall–Kier alpha value is -2.05. The lowest BCUT2D eigenvalue weighted by atomic mass is 9.99. The lowest BCUT2D eigenvalue weighted by Gasteiger charge is -2.29. The number of nitrogens with one attached hydrogen (secondary N) is 1. The number of rotatable bonds is 3. The van der Waals surface area contributed by atoms with Crippen LogP contribution in [0.15, 0.2) is 35.1 Å². The van der Waals surface area contributed by atoms with Crippen molar-refractivity contribution < 1.29 is 4.39 Å². The van der Waals surface area contributed by atoms with Gasteiger partial charge in [0.2, 0.25) is 0 Å². The number of piperidine rings is 1. The maximum absolute atomic E-state index is 13.1. The van der Waals surface area contributed by atoms with Crippen LogP contribution in [0.4, 0.5) is 4.39 Å². The van der Waals surface area contributed by atoms with Crippen LogP contribution in [0.1, 0.15) is 25.6 Å². The molecule has 1 fully saturated rings.